The number of hydrogen-bond donors (Lipinski definition) is 0. The largest absolute Gasteiger partial charge is 0.0888 e. The highest BCUT2D eigenvalue weighted by atomic mass is 79.9. The Morgan fingerprint density at radius 3 is 2.09 bits per heavy atom. The van der Waals surface area contributed by atoms with Gasteiger partial charge in [0.2, 0.25) is 0 Å². The Morgan fingerprint density at radius 1 is 1.18 bits per heavy atom. The Morgan fingerprint density at radius 2 is 1.73 bits per heavy atom. The molecule has 0 aliphatic carbocycles. The normalized spacial score (nSPS) is 16.9. The minimum Gasteiger partial charge on any atom is -0.0888 e. The van der Waals surface area contributed by atoms with Crippen LogP contribution in [0.5, 0.6) is 0 Å². The topological polar surface area (TPSA) is 0 Å². The van der Waals surface area contributed by atoms with Crippen molar-refractivity contribution in [3.05, 3.63) is 0 Å². The summed E-state index contributed by atoms with van der Waals surface area (Å²) in [5.74, 6) is 1.66. The van der Waals surface area contributed by atoms with Crippen LogP contribution in [0.4, 0.5) is 0 Å². The Balaban J connectivity index is 3.54. The third-order valence-corrected chi connectivity index (χ3v) is 3.39. The molecule has 11 heavy (non-hydrogen) atoms. The number of rotatable bonds is 5. The fourth-order valence-corrected chi connectivity index (χ4v) is 2.13. The minimum absolute atomic E-state index is 0.731. The van der Waals surface area contributed by atoms with Crippen molar-refractivity contribution in [3.8, 4) is 0 Å². The van der Waals surface area contributed by atoms with Gasteiger partial charge >= 0.3 is 0 Å². The molecule has 0 fully saturated rings. The van der Waals surface area contributed by atoms with Crippen LogP contribution in [0.15, 0.2) is 0 Å². The molecule has 0 rings (SSSR count). The van der Waals surface area contributed by atoms with Crippen LogP contribution in [0.3, 0.4) is 0 Å². The monoisotopic (exact) mass is 220 g/mol. The van der Waals surface area contributed by atoms with Crippen molar-refractivity contribution in [2.75, 3.05) is 0 Å². The van der Waals surface area contributed by atoms with Gasteiger partial charge in [0.15, 0.2) is 0 Å². The van der Waals surface area contributed by atoms with E-state index in [2.05, 4.69) is 43.6 Å². The van der Waals surface area contributed by atoms with E-state index in [0.717, 1.165) is 16.7 Å². The van der Waals surface area contributed by atoms with Gasteiger partial charge in [-0.3, -0.25) is 0 Å². The van der Waals surface area contributed by atoms with E-state index in [-0.39, 0.29) is 0 Å². The van der Waals surface area contributed by atoms with E-state index in [9.17, 15) is 0 Å². The molecule has 0 saturated carbocycles. The molecule has 0 nitrogen and oxygen atoms in total. The first-order chi connectivity index (χ1) is 5.07. The van der Waals surface area contributed by atoms with Gasteiger partial charge in [-0.25, -0.2) is 0 Å². The predicted molar refractivity (Wildman–Crippen MR) is 56.2 cm³/mol. The zero-order valence-electron chi connectivity index (χ0n) is 8.23. The third kappa shape index (κ3) is 5.72. The van der Waals surface area contributed by atoms with Crippen LogP contribution in [0.25, 0.3) is 0 Å². The first-order valence-electron chi connectivity index (χ1n) is 4.72. The lowest BCUT2D eigenvalue weighted by Gasteiger charge is -2.19. The molecule has 1 heteroatoms. The molecule has 0 radical (unpaired) electrons. The second-order valence-corrected chi connectivity index (χ2v) is 5.09. The van der Waals surface area contributed by atoms with Crippen LogP contribution >= 0.6 is 15.9 Å². The summed E-state index contributed by atoms with van der Waals surface area (Å²) in [5.41, 5.74) is 0. The van der Waals surface area contributed by atoms with Crippen molar-refractivity contribution in [1.82, 2.24) is 0 Å². The third-order valence-electron chi connectivity index (χ3n) is 2.03. The average molecular weight is 221 g/mol. The summed E-state index contributed by atoms with van der Waals surface area (Å²) in [6.45, 7) is 9.18. The number of hydrogen-bond acceptors (Lipinski definition) is 0. The first kappa shape index (κ1) is 11.5. The molecule has 0 N–H and O–H groups in total. The zero-order valence-corrected chi connectivity index (χ0v) is 9.82. The Bertz CT molecular complexity index is 88.9. The van der Waals surface area contributed by atoms with Crippen molar-refractivity contribution < 1.29 is 0 Å². The Hall–Kier alpha value is 0.480. The average Bonchev–Trinajstić information content (AvgIpc) is 1.86. The molecule has 0 spiro atoms. The molecule has 0 bridgehead atoms. The molecule has 2 unspecified atom stereocenters. The van der Waals surface area contributed by atoms with Gasteiger partial charge in [-0.1, -0.05) is 50.0 Å². The van der Waals surface area contributed by atoms with Gasteiger partial charge in [0.25, 0.3) is 0 Å². The standard InChI is InChI=1S/C10H21Br/c1-5-6-10(11)9(4)7-8(2)3/h8-10H,5-7H2,1-4H3. The van der Waals surface area contributed by atoms with E-state index in [1.807, 2.05) is 0 Å². The lowest BCUT2D eigenvalue weighted by atomic mass is 9.94. The molecule has 68 valence electrons. The number of halogens is 1. The van der Waals surface area contributed by atoms with E-state index >= 15 is 0 Å². The van der Waals surface area contributed by atoms with Gasteiger partial charge in [-0.15, -0.1) is 0 Å². The minimum atomic E-state index is 0.731. The predicted octanol–water partition coefficient (Wildman–Crippen LogP) is 4.23. The fraction of sp³-hybridized carbons (Fsp3) is 1.00. The molecule has 0 heterocycles. The summed E-state index contributed by atoms with van der Waals surface area (Å²) in [5, 5.41) is 0. The summed E-state index contributed by atoms with van der Waals surface area (Å²) in [6.07, 6.45) is 3.95. The SMILES string of the molecule is CCCC(Br)C(C)CC(C)C. The molecule has 0 aromatic heterocycles. The van der Waals surface area contributed by atoms with Gasteiger partial charge in [0.1, 0.15) is 0 Å². The van der Waals surface area contributed by atoms with Crippen LogP contribution < -0.4 is 0 Å². The van der Waals surface area contributed by atoms with Gasteiger partial charge in [0, 0.05) is 4.83 Å². The van der Waals surface area contributed by atoms with Crippen LogP contribution in [0, 0.1) is 11.8 Å². The highest BCUT2D eigenvalue weighted by molar-refractivity contribution is 9.09. The van der Waals surface area contributed by atoms with E-state index in [4.69, 9.17) is 0 Å². The molecule has 2 atom stereocenters. The molecular formula is C10H21Br. The summed E-state index contributed by atoms with van der Waals surface area (Å²) in [6, 6.07) is 0. The van der Waals surface area contributed by atoms with E-state index in [1.54, 1.807) is 0 Å². The van der Waals surface area contributed by atoms with Crippen LogP contribution in [-0.4, -0.2) is 4.83 Å². The van der Waals surface area contributed by atoms with Crippen molar-refractivity contribution in [1.29, 1.82) is 0 Å². The van der Waals surface area contributed by atoms with E-state index in [1.165, 1.54) is 19.3 Å². The summed E-state index contributed by atoms with van der Waals surface area (Å²) < 4.78 is 0. The van der Waals surface area contributed by atoms with Gasteiger partial charge in [-0.05, 0) is 24.7 Å². The van der Waals surface area contributed by atoms with Crippen LogP contribution in [0.2, 0.25) is 0 Å². The van der Waals surface area contributed by atoms with Crippen LogP contribution in [0.1, 0.15) is 47.0 Å². The summed E-state index contributed by atoms with van der Waals surface area (Å²) in [4.78, 5) is 0.731. The Labute approximate surface area is 79.9 Å². The molecular weight excluding hydrogens is 200 g/mol. The summed E-state index contributed by atoms with van der Waals surface area (Å²) >= 11 is 3.73. The maximum Gasteiger partial charge on any atom is 0.0171 e. The lowest BCUT2D eigenvalue weighted by molar-refractivity contribution is 0.418. The van der Waals surface area contributed by atoms with E-state index in [0.29, 0.717) is 0 Å². The highest BCUT2D eigenvalue weighted by Gasteiger charge is 2.13. The quantitative estimate of drug-likeness (QED) is 0.609. The molecule has 0 aromatic carbocycles. The smallest absolute Gasteiger partial charge is 0.0171 e. The summed E-state index contributed by atoms with van der Waals surface area (Å²) in [7, 11) is 0. The lowest BCUT2D eigenvalue weighted by Crippen LogP contribution is -2.12. The zero-order chi connectivity index (χ0) is 8.85. The first-order valence-corrected chi connectivity index (χ1v) is 5.63. The molecule has 0 aliphatic rings. The van der Waals surface area contributed by atoms with Crippen LogP contribution in [-0.2, 0) is 0 Å². The maximum atomic E-state index is 3.73. The number of alkyl halides is 1. The van der Waals surface area contributed by atoms with E-state index < -0.39 is 0 Å². The van der Waals surface area contributed by atoms with Crippen molar-refractivity contribution in [2.24, 2.45) is 11.8 Å². The second kappa shape index (κ2) is 6.05. The fourth-order valence-electron chi connectivity index (χ4n) is 1.45. The van der Waals surface area contributed by atoms with Crippen molar-refractivity contribution in [2.45, 2.75) is 51.8 Å². The van der Waals surface area contributed by atoms with Crippen molar-refractivity contribution in [3.63, 3.8) is 0 Å². The Kier molecular flexibility index (Phi) is 6.31. The highest BCUT2D eigenvalue weighted by Crippen LogP contribution is 2.23. The van der Waals surface area contributed by atoms with Gasteiger partial charge in [-0.2, -0.15) is 0 Å². The van der Waals surface area contributed by atoms with Crippen molar-refractivity contribution >= 4 is 15.9 Å². The maximum absolute atomic E-state index is 3.73. The molecule has 0 aromatic rings. The molecule has 0 amide bonds. The van der Waals surface area contributed by atoms with Gasteiger partial charge < -0.3 is 0 Å². The van der Waals surface area contributed by atoms with Gasteiger partial charge in [0.05, 0.1) is 0 Å². The molecule has 0 saturated heterocycles. The molecule has 0 aliphatic heterocycles. The second-order valence-electron chi connectivity index (χ2n) is 3.91.